The van der Waals surface area contributed by atoms with Crippen molar-refractivity contribution in [1.82, 2.24) is 5.32 Å². The summed E-state index contributed by atoms with van der Waals surface area (Å²) < 4.78 is 0. The summed E-state index contributed by atoms with van der Waals surface area (Å²) in [7, 11) is 0. The highest BCUT2D eigenvalue weighted by molar-refractivity contribution is 6.30. The zero-order chi connectivity index (χ0) is 14.7. The molecule has 0 heterocycles. The molecule has 0 aromatic heterocycles. The van der Waals surface area contributed by atoms with Crippen LogP contribution in [0.2, 0.25) is 5.02 Å². The number of hydrogen-bond acceptors (Lipinski definition) is 2. The largest absolute Gasteiger partial charge is 0.394 e. The van der Waals surface area contributed by atoms with Crippen molar-refractivity contribution in [2.45, 2.75) is 30.8 Å². The fourth-order valence-corrected chi connectivity index (χ4v) is 3.21. The van der Waals surface area contributed by atoms with E-state index in [1.165, 1.54) is 5.56 Å². The van der Waals surface area contributed by atoms with Crippen molar-refractivity contribution < 1.29 is 5.11 Å². The Morgan fingerprint density at radius 3 is 2.52 bits per heavy atom. The van der Waals surface area contributed by atoms with Crippen LogP contribution in [-0.2, 0) is 0 Å². The molecule has 0 aliphatic heterocycles. The van der Waals surface area contributed by atoms with Gasteiger partial charge in [-0.3, -0.25) is 0 Å². The van der Waals surface area contributed by atoms with Crippen LogP contribution in [0.4, 0.5) is 0 Å². The molecule has 3 rings (SSSR count). The molecular weight excluding hydrogens is 282 g/mol. The van der Waals surface area contributed by atoms with E-state index in [9.17, 15) is 5.11 Å². The number of benzene rings is 2. The third-order valence-electron chi connectivity index (χ3n) is 4.28. The molecule has 1 aliphatic rings. The highest BCUT2D eigenvalue weighted by atomic mass is 35.5. The fourth-order valence-electron chi connectivity index (χ4n) is 3.01. The van der Waals surface area contributed by atoms with Gasteiger partial charge in [0, 0.05) is 11.1 Å². The van der Waals surface area contributed by atoms with Crippen molar-refractivity contribution >= 4 is 11.6 Å². The van der Waals surface area contributed by atoms with Crippen LogP contribution >= 0.6 is 11.6 Å². The Bertz CT molecular complexity index is 581. The SMILES string of the molecule is OC[C@H](NC1CC(c2cccc(Cl)c2)C1)c1ccccc1. The highest BCUT2D eigenvalue weighted by Crippen LogP contribution is 2.38. The van der Waals surface area contributed by atoms with Gasteiger partial charge >= 0.3 is 0 Å². The van der Waals surface area contributed by atoms with Crippen LogP contribution < -0.4 is 5.32 Å². The topological polar surface area (TPSA) is 32.3 Å². The molecule has 0 radical (unpaired) electrons. The molecule has 0 saturated heterocycles. The number of aliphatic hydroxyl groups is 1. The molecule has 2 nitrogen and oxygen atoms in total. The second-order valence-electron chi connectivity index (χ2n) is 5.73. The molecule has 3 heteroatoms. The Labute approximate surface area is 130 Å². The first kappa shape index (κ1) is 14.6. The minimum atomic E-state index is 0.0245. The Kier molecular flexibility index (Phi) is 4.59. The lowest BCUT2D eigenvalue weighted by Crippen LogP contribution is -2.43. The zero-order valence-corrected chi connectivity index (χ0v) is 12.6. The summed E-state index contributed by atoms with van der Waals surface area (Å²) in [6, 6.07) is 18.7. The Balaban J connectivity index is 1.57. The van der Waals surface area contributed by atoms with E-state index in [0.717, 1.165) is 23.4 Å². The Hall–Kier alpha value is -1.35. The third-order valence-corrected chi connectivity index (χ3v) is 4.51. The molecule has 2 aromatic carbocycles. The first-order valence-electron chi connectivity index (χ1n) is 7.43. The maximum Gasteiger partial charge on any atom is 0.0626 e. The van der Waals surface area contributed by atoms with Crippen LogP contribution in [0.5, 0.6) is 0 Å². The van der Waals surface area contributed by atoms with Crippen LogP contribution in [0.15, 0.2) is 54.6 Å². The van der Waals surface area contributed by atoms with E-state index in [-0.39, 0.29) is 12.6 Å². The monoisotopic (exact) mass is 301 g/mol. The zero-order valence-electron chi connectivity index (χ0n) is 11.9. The first-order chi connectivity index (χ1) is 10.3. The van der Waals surface area contributed by atoms with E-state index < -0.39 is 0 Å². The first-order valence-corrected chi connectivity index (χ1v) is 7.81. The fraction of sp³-hybridized carbons (Fsp3) is 0.333. The van der Waals surface area contributed by atoms with Gasteiger partial charge in [-0.15, -0.1) is 0 Å². The van der Waals surface area contributed by atoms with Gasteiger partial charge in [0.05, 0.1) is 12.6 Å². The summed E-state index contributed by atoms with van der Waals surface area (Å²) >= 11 is 6.04. The van der Waals surface area contributed by atoms with Crippen molar-refractivity contribution in [3.63, 3.8) is 0 Å². The summed E-state index contributed by atoms with van der Waals surface area (Å²) in [6.45, 7) is 0.127. The van der Waals surface area contributed by atoms with Crippen LogP contribution in [0.1, 0.15) is 35.9 Å². The van der Waals surface area contributed by atoms with Crippen molar-refractivity contribution in [3.8, 4) is 0 Å². The summed E-state index contributed by atoms with van der Waals surface area (Å²) in [4.78, 5) is 0. The summed E-state index contributed by atoms with van der Waals surface area (Å²) in [6.07, 6.45) is 2.20. The van der Waals surface area contributed by atoms with Crippen molar-refractivity contribution in [1.29, 1.82) is 0 Å². The second-order valence-corrected chi connectivity index (χ2v) is 6.17. The average Bonchev–Trinajstić information content (AvgIpc) is 2.47. The molecule has 2 N–H and O–H groups in total. The summed E-state index contributed by atoms with van der Waals surface area (Å²) in [5.41, 5.74) is 2.46. The lowest BCUT2D eigenvalue weighted by Gasteiger charge is -2.38. The van der Waals surface area contributed by atoms with Crippen molar-refractivity contribution in [2.75, 3.05) is 6.61 Å². The number of halogens is 1. The average molecular weight is 302 g/mol. The maximum absolute atomic E-state index is 9.59. The van der Waals surface area contributed by atoms with Gasteiger partial charge in [0.1, 0.15) is 0 Å². The number of hydrogen-bond donors (Lipinski definition) is 2. The molecule has 0 spiro atoms. The lowest BCUT2D eigenvalue weighted by molar-refractivity contribution is 0.197. The normalized spacial score (nSPS) is 22.6. The maximum atomic E-state index is 9.59. The van der Waals surface area contributed by atoms with Crippen LogP contribution in [-0.4, -0.2) is 17.8 Å². The molecule has 21 heavy (non-hydrogen) atoms. The standard InChI is InChI=1S/C18H20ClNO/c19-16-8-4-7-14(9-16)15-10-17(11-15)20-18(12-21)13-5-2-1-3-6-13/h1-9,15,17-18,20-21H,10-12H2/t15?,17?,18-/m0/s1. The molecule has 1 aliphatic carbocycles. The lowest BCUT2D eigenvalue weighted by atomic mass is 9.75. The number of nitrogens with one attached hydrogen (secondary N) is 1. The predicted octanol–water partition coefficient (Wildman–Crippen LogP) is 3.91. The molecule has 110 valence electrons. The molecule has 1 atom stereocenters. The molecule has 0 amide bonds. The van der Waals surface area contributed by atoms with E-state index in [2.05, 4.69) is 29.6 Å². The van der Waals surface area contributed by atoms with Gasteiger partial charge in [-0.2, -0.15) is 0 Å². The summed E-state index contributed by atoms with van der Waals surface area (Å²) in [5, 5.41) is 13.9. The predicted molar refractivity (Wildman–Crippen MR) is 86.6 cm³/mol. The van der Waals surface area contributed by atoms with E-state index in [1.807, 2.05) is 30.3 Å². The second kappa shape index (κ2) is 6.61. The third kappa shape index (κ3) is 3.46. The van der Waals surface area contributed by atoms with Crippen molar-refractivity contribution in [3.05, 3.63) is 70.7 Å². The summed E-state index contributed by atoms with van der Waals surface area (Å²) in [5.74, 6) is 0.580. The van der Waals surface area contributed by atoms with Crippen molar-refractivity contribution in [2.24, 2.45) is 0 Å². The van der Waals surface area contributed by atoms with Gasteiger partial charge in [-0.1, -0.05) is 54.1 Å². The van der Waals surface area contributed by atoms with Gasteiger partial charge < -0.3 is 10.4 Å². The minimum absolute atomic E-state index is 0.0245. The molecule has 0 unspecified atom stereocenters. The van der Waals surface area contributed by atoms with E-state index in [0.29, 0.717) is 12.0 Å². The Morgan fingerprint density at radius 1 is 1.10 bits per heavy atom. The molecule has 2 aromatic rings. The van der Waals surface area contributed by atoms with Gasteiger partial charge in [-0.25, -0.2) is 0 Å². The van der Waals surface area contributed by atoms with E-state index in [4.69, 9.17) is 11.6 Å². The quantitative estimate of drug-likeness (QED) is 0.877. The number of aliphatic hydroxyl groups excluding tert-OH is 1. The molecule has 0 bridgehead atoms. The molecular formula is C18H20ClNO. The van der Waals surface area contributed by atoms with Gasteiger partial charge in [-0.05, 0) is 42.0 Å². The Morgan fingerprint density at radius 2 is 1.86 bits per heavy atom. The van der Waals surface area contributed by atoms with Gasteiger partial charge in [0.25, 0.3) is 0 Å². The van der Waals surface area contributed by atoms with Gasteiger partial charge in [0.2, 0.25) is 0 Å². The highest BCUT2D eigenvalue weighted by Gasteiger charge is 2.31. The van der Waals surface area contributed by atoms with Crippen LogP contribution in [0.25, 0.3) is 0 Å². The van der Waals surface area contributed by atoms with E-state index >= 15 is 0 Å². The smallest absolute Gasteiger partial charge is 0.0626 e. The van der Waals surface area contributed by atoms with Crippen LogP contribution in [0, 0.1) is 0 Å². The molecule has 1 fully saturated rings. The molecule has 1 saturated carbocycles. The van der Waals surface area contributed by atoms with Gasteiger partial charge in [0.15, 0.2) is 0 Å². The number of rotatable bonds is 5. The minimum Gasteiger partial charge on any atom is -0.394 e. The van der Waals surface area contributed by atoms with E-state index in [1.54, 1.807) is 0 Å². The van der Waals surface area contributed by atoms with Crippen LogP contribution in [0.3, 0.4) is 0 Å².